The number of hydrogen-bond acceptors (Lipinski definition) is 6. The van der Waals surface area contributed by atoms with Crippen LogP contribution in [0.1, 0.15) is 5.56 Å². The molecule has 7 nitrogen and oxygen atoms in total. The van der Waals surface area contributed by atoms with E-state index in [4.69, 9.17) is 0 Å². The molecule has 3 aliphatic rings. The maximum Gasteiger partial charge on any atom is 0.261 e. The van der Waals surface area contributed by atoms with Gasteiger partial charge in [-0.15, -0.1) is 11.3 Å². The molecule has 0 bridgehead atoms. The molecule has 1 saturated heterocycles. The predicted molar refractivity (Wildman–Crippen MR) is 126 cm³/mol. The molecule has 1 unspecified atom stereocenters. The van der Waals surface area contributed by atoms with E-state index in [2.05, 4.69) is 38.5 Å². The molecule has 0 aliphatic carbocycles. The number of rotatable bonds is 3. The van der Waals surface area contributed by atoms with Crippen molar-refractivity contribution in [3.8, 4) is 0 Å². The number of H-pyrrole nitrogens is 1. The number of thiophene rings is 1. The molecule has 3 aromatic rings. The molecule has 1 atom stereocenters. The molecule has 5 heterocycles. The summed E-state index contributed by atoms with van der Waals surface area (Å²) in [5, 5.41) is 10.2. The molecule has 0 radical (unpaired) electrons. The highest BCUT2D eigenvalue weighted by atomic mass is 32.1. The molecule has 6 rings (SSSR count). The van der Waals surface area contributed by atoms with Gasteiger partial charge in [-0.25, -0.2) is 4.39 Å². The van der Waals surface area contributed by atoms with Gasteiger partial charge in [0.25, 0.3) is 11.8 Å². The van der Waals surface area contributed by atoms with E-state index in [1.807, 2.05) is 11.4 Å². The van der Waals surface area contributed by atoms with Crippen LogP contribution in [0.3, 0.4) is 0 Å². The van der Waals surface area contributed by atoms with E-state index in [0.29, 0.717) is 22.1 Å². The van der Waals surface area contributed by atoms with Crippen LogP contribution in [0, 0.1) is 5.82 Å². The van der Waals surface area contributed by atoms with Crippen LogP contribution in [0.2, 0.25) is 0 Å². The summed E-state index contributed by atoms with van der Waals surface area (Å²) in [6, 6.07) is 6.51. The molecule has 3 N–H and O–H groups in total. The first-order valence-electron chi connectivity index (χ1n) is 10.9. The Morgan fingerprint density at radius 2 is 1.85 bits per heavy atom. The molecule has 168 valence electrons. The minimum absolute atomic E-state index is 0.170. The van der Waals surface area contributed by atoms with Crippen LogP contribution in [0.4, 0.5) is 4.39 Å². The van der Waals surface area contributed by atoms with Crippen LogP contribution in [-0.2, 0) is 9.59 Å². The van der Waals surface area contributed by atoms with Crippen molar-refractivity contribution in [1.29, 1.82) is 0 Å². The number of hydrogen-bond donors (Lipinski definition) is 3. The number of aromatic amines is 1. The van der Waals surface area contributed by atoms with Gasteiger partial charge in [0.1, 0.15) is 10.6 Å². The SMILES string of the molecule is CN1CCN(C2C=c3ccc(F)cc3=C(C3=C(c4c[nH]c5sccc45)C(=O)NC3=O)N2)CC1. The Morgan fingerprint density at radius 1 is 1.06 bits per heavy atom. The third kappa shape index (κ3) is 3.31. The van der Waals surface area contributed by atoms with Crippen LogP contribution in [-0.4, -0.2) is 66.0 Å². The van der Waals surface area contributed by atoms with Crippen molar-refractivity contribution >= 4 is 50.7 Å². The van der Waals surface area contributed by atoms with Gasteiger partial charge in [-0.2, -0.15) is 0 Å². The minimum atomic E-state index is -0.476. The van der Waals surface area contributed by atoms with Crippen LogP contribution in [0.5, 0.6) is 0 Å². The second kappa shape index (κ2) is 7.65. The molecule has 0 spiro atoms. The van der Waals surface area contributed by atoms with Crippen molar-refractivity contribution in [2.24, 2.45) is 0 Å². The third-order valence-corrected chi connectivity index (χ3v) is 7.44. The standard InChI is InChI=1S/C24H22FN5O2S/c1-29-5-7-30(8-6-29)18-10-13-2-3-14(25)11-16(13)21(27-18)20-19(22(31)28-23(20)32)17-12-26-24-15(17)4-9-33-24/h2-4,9-12,18,26-27H,5-8H2,1H3,(H,28,31,32). The molecule has 0 saturated carbocycles. The maximum atomic E-state index is 14.3. The second-order valence-corrected chi connectivity index (χ2v) is 9.52. The average molecular weight is 464 g/mol. The number of nitrogens with zero attached hydrogens (tertiary/aromatic N) is 2. The van der Waals surface area contributed by atoms with E-state index in [9.17, 15) is 14.0 Å². The summed E-state index contributed by atoms with van der Waals surface area (Å²) in [7, 11) is 2.10. The van der Waals surface area contributed by atoms with Crippen molar-refractivity contribution in [3.63, 3.8) is 0 Å². The molecule has 3 aliphatic heterocycles. The number of halogens is 1. The Labute approximate surface area is 192 Å². The van der Waals surface area contributed by atoms with Gasteiger partial charge >= 0.3 is 0 Å². The summed E-state index contributed by atoms with van der Waals surface area (Å²) in [5.74, 6) is -1.32. The summed E-state index contributed by atoms with van der Waals surface area (Å²) in [5.41, 5.74) is 1.72. The highest BCUT2D eigenvalue weighted by Gasteiger charge is 2.37. The quantitative estimate of drug-likeness (QED) is 0.495. The van der Waals surface area contributed by atoms with E-state index >= 15 is 0 Å². The summed E-state index contributed by atoms with van der Waals surface area (Å²) in [6.07, 6.45) is 3.65. The zero-order valence-electron chi connectivity index (χ0n) is 17.9. The van der Waals surface area contributed by atoms with Crippen LogP contribution in [0.25, 0.3) is 27.6 Å². The Balaban J connectivity index is 1.56. The van der Waals surface area contributed by atoms with Crippen molar-refractivity contribution in [1.82, 2.24) is 25.4 Å². The number of likely N-dealkylation sites (N-methyl/N-ethyl adjacent to an activating group) is 1. The van der Waals surface area contributed by atoms with Crippen LogP contribution >= 0.6 is 11.3 Å². The zero-order chi connectivity index (χ0) is 22.7. The van der Waals surface area contributed by atoms with E-state index in [1.54, 1.807) is 12.3 Å². The number of fused-ring (bicyclic) bond motifs is 2. The molecular weight excluding hydrogens is 441 g/mol. The number of aromatic nitrogens is 1. The van der Waals surface area contributed by atoms with Gasteiger partial charge in [-0.05, 0) is 41.9 Å². The lowest BCUT2D eigenvalue weighted by molar-refractivity contribution is -0.123. The lowest BCUT2D eigenvalue weighted by atomic mass is 9.96. The van der Waals surface area contributed by atoms with Gasteiger partial charge in [-0.1, -0.05) is 6.07 Å². The first kappa shape index (κ1) is 20.3. The smallest absolute Gasteiger partial charge is 0.261 e. The fourth-order valence-electron chi connectivity index (χ4n) is 4.84. The van der Waals surface area contributed by atoms with Crippen LogP contribution in [0.15, 0.2) is 41.4 Å². The highest BCUT2D eigenvalue weighted by Crippen LogP contribution is 2.35. The average Bonchev–Trinajstić information content (AvgIpc) is 3.48. The molecule has 2 aromatic heterocycles. The Morgan fingerprint density at radius 3 is 2.67 bits per heavy atom. The predicted octanol–water partition coefficient (Wildman–Crippen LogP) is 0.544. The van der Waals surface area contributed by atoms with E-state index in [0.717, 1.165) is 41.6 Å². The third-order valence-electron chi connectivity index (χ3n) is 6.60. The number of carbonyl (C=O) groups is 2. The monoisotopic (exact) mass is 463 g/mol. The first-order valence-corrected chi connectivity index (χ1v) is 11.7. The largest absolute Gasteiger partial charge is 0.365 e. The summed E-state index contributed by atoms with van der Waals surface area (Å²) < 4.78 is 14.3. The van der Waals surface area contributed by atoms with E-state index in [1.165, 1.54) is 23.5 Å². The number of nitrogens with one attached hydrogen (secondary N) is 3. The lowest BCUT2D eigenvalue weighted by Crippen LogP contribution is -2.56. The van der Waals surface area contributed by atoms with Crippen molar-refractivity contribution in [2.45, 2.75) is 6.17 Å². The Hall–Kier alpha value is -3.27. The molecule has 1 fully saturated rings. The number of piperazine rings is 1. The molecule has 1 aromatic carbocycles. The van der Waals surface area contributed by atoms with Crippen molar-refractivity contribution < 1.29 is 14.0 Å². The zero-order valence-corrected chi connectivity index (χ0v) is 18.8. The van der Waals surface area contributed by atoms with Gasteiger partial charge in [0.15, 0.2) is 0 Å². The minimum Gasteiger partial charge on any atom is -0.365 e. The van der Waals surface area contributed by atoms with E-state index < -0.39 is 17.6 Å². The number of amides is 2. The number of benzene rings is 1. The van der Waals surface area contributed by atoms with Crippen molar-refractivity contribution in [3.05, 3.63) is 63.2 Å². The lowest BCUT2D eigenvalue weighted by Gasteiger charge is -2.38. The molecular formula is C24H22FN5O2S. The van der Waals surface area contributed by atoms with Gasteiger partial charge in [-0.3, -0.25) is 19.8 Å². The van der Waals surface area contributed by atoms with Crippen molar-refractivity contribution in [2.75, 3.05) is 33.2 Å². The Bertz CT molecular complexity index is 1460. The highest BCUT2D eigenvalue weighted by molar-refractivity contribution is 7.16. The maximum absolute atomic E-state index is 14.3. The van der Waals surface area contributed by atoms with Gasteiger partial charge in [0.2, 0.25) is 0 Å². The topological polar surface area (TPSA) is 80.5 Å². The van der Waals surface area contributed by atoms with Crippen LogP contribution < -0.4 is 21.1 Å². The molecule has 9 heteroatoms. The number of carbonyl (C=O) groups excluding carboxylic acids is 2. The number of imide groups is 1. The van der Waals surface area contributed by atoms with Gasteiger partial charge < -0.3 is 15.2 Å². The summed E-state index contributed by atoms with van der Waals surface area (Å²) in [6.45, 7) is 3.59. The molecule has 33 heavy (non-hydrogen) atoms. The summed E-state index contributed by atoms with van der Waals surface area (Å²) in [4.78, 5) is 34.7. The van der Waals surface area contributed by atoms with Gasteiger partial charge in [0.05, 0.1) is 23.0 Å². The summed E-state index contributed by atoms with van der Waals surface area (Å²) >= 11 is 1.53. The Kier molecular flexibility index (Phi) is 4.72. The fourth-order valence-corrected chi connectivity index (χ4v) is 5.61. The van der Waals surface area contributed by atoms with Gasteiger partial charge in [0, 0.05) is 48.5 Å². The normalized spacial score (nSPS) is 21.9. The first-order chi connectivity index (χ1) is 16.0. The van der Waals surface area contributed by atoms with E-state index in [-0.39, 0.29) is 11.7 Å². The molecule has 2 amide bonds. The fraction of sp³-hybridized carbons (Fsp3) is 0.250. The second-order valence-electron chi connectivity index (χ2n) is 8.60.